The van der Waals surface area contributed by atoms with Gasteiger partial charge < -0.3 is 9.64 Å². The van der Waals surface area contributed by atoms with Crippen molar-refractivity contribution in [2.75, 3.05) is 38.2 Å². The van der Waals surface area contributed by atoms with Crippen molar-refractivity contribution < 1.29 is 14.3 Å². The van der Waals surface area contributed by atoms with E-state index in [1.54, 1.807) is 7.11 Å². The molecule has 2 unspecified atom stereocenters. The minimum absolute atomic E-state index is 0.129. The molecule has 2 aromatic carbocycles. The van der Waals surface area contributed by atoms with Gasteiger partial charge in [-0.3, -0.25) is 24.7 Å². The van der Waals surface area contributed by atoms with Crippen molar-refractivity contribution in [1.82, 2.24) is 15.1 Å². The summed E-state index contributed by atoms with van der Waals surface area (Å²) in [5.41, 5.74) is 4.99. The number of carbonyl (C=O) groups is 2. The maximum Gasteiger partial charge on any atom is 0.243 e. The molecule has 0 spiro atoms. The smallest absolute Gasteiger partial charge is 0.243 e. The number of nitrogens with one attached hydrogen (secondary N) is 1. The second-order valence-electron chi connectivity index (χ2n) is 8.96. The van der Waals surface area contributed by atoms with Crippen LogP contribution in [-0.2, 0) is 22.7 Å². The lowest BCUT2D eigenvalue weighted by Gasteiger charge is -2.36. The van der Waals surface area contributed by atoms with Crippen molar-refractivity contribution in [3.8, 4) is 5.75 Å². The molecule has 0 bridgehead atoms. The van der Waals surface area contributed by atoms with E-state index in [0.717, 1.165) is 38.5 Å². The van der Waals surface area contributed by atoms with Gasteiger partial charge in [0.2, 0.25) is 11.8 Å². The SMILES string of the molecule is COc1ccc(N2CCN(Cc3cccc4c3CN(C3CCC(=O)NC3=O)C4S)CC2)cc1. The molecule has 0 radical (unpaired) electrons. The van der Waals surface area contributed by atoms with E-state index in [4.69, 9.17) is 17.4 Å². The van der Waals surface area contributed by atoms with Crippen LogP contribution < -0.4 is 15.0 Å². The summed E-state index contributed by atoms with van der Waals surface area (Å²) >= 11 is 4.85. The fourth-order valence-corrected chi connectivity index (χ4v) is 5.65. The van der Waals surface area contributed by atoms with Gasteiger partial charge in [0.25, 0.3) is 0 Å². The second-order valence-corrected chi connectivity index (χ2v) is 9.45. The molecule has 2 fully saturated rings. The van der Waals surface area contributed by atoms with Gasteiger partial charge in [-0.1, -0.05) is 18.2 Å². The van der Waals surface area contributed by atoms with Gasteiger partial charge in [0, 0.05) is 51.4 Å². The molecule has 33 heavy (non-hydrogen) atoms. The van der Waals surface area contributed by atoms with Crippen molar-refractivity contribution in [3.63, 3.8) is 0 Å². The van der Waals surface area contributed by atoms with Crippen molar-refractivity contribution in [2.24, 2.45) is 0 Å². The van der Waals surface area contributed by atoms with Crippen LogP contribution in [0, 0.1) is 0 Å². The van der Waals surface area contributed by atoms with E-state index in [-0.39, 0.29) is 23.2 Å². The van der Waals surface area contributed by atoms with Crippen LogP contribution in [0.5, 0.6) is 5.75 Å². The standard InChI is InChI=1S/C25H30N4O3S/c1-32-19-7-5-18(6-8-19)28-13-11-27(12-14-28)15-17-3-2-4-20-21(17)16-29(25(20)33)22-9-10-23(30)26-24(22)31/h2-8,22,25,33H,9-16H2,1H3,(H,26,30,31). The largest absolute Gasteiger partial charge is 0.497 e. The topological polar surface area (TPSA) is 65.1 Å². The van der Waals surface area contributed by atoms with Gasteiger partial charge in [0.15, 0.2) is 0 Å². The highest BCUT2D eigenvalue weighted by Crippen LogP contribution is 2.40. The molecule has 5 rings (SSSR count). The Kier molecular flexibility index (Phi) is 6.32. The van der Waals surface area contributed by atoms with E-state index in [2.05, 4.69) is 50.3 Å². The molecular formula is C25H30N4O3S. The molecule has 2 atom stereocenters. The first-order valence-corrected chi connectivity index (χ1v) is 12.0. The molecule has 3 heterocycles. The third-order valence-corrected chi connectivity index (χ3v) is 7.63. The number of nitrogens with zero attached hydrogens (tertiary/aromatic N) is 3. The predicted molar refractivity (Wildman–Crippen MR) is 130 cm³/mol. The lowest BCUT2D eigenvalue weighted by atomic mass is 10.0. The maximum absolute atomic E-state index is 12.4. The van der Waals surface area contributed by atoms with Crippen LogP contribution in [0.2, 0.25) is 0 Å². The van der Waals surface area contributed by atoms with Crippen LogP contribution in [0.1, 0.15) is 34.9 Å². The van der Waals surface area contributed by atoms with E-state index < -0.39 is 0 Å². The number of carbonyl (C=O) groups excluding carboxylic acids is 2. The minimum atomic E-state index is -0.307. The Bertz CT molecular complexity index is 1040. The number of ether oxygens (including phenoxy) is 1. The van der Waals surface area contributed by atoms with Gasteiger partial charge in [-0.25, -0.2) is 0 Å². The van der Waals surface area contributed by atoms with Crippen molar-refractivity contribution in [3.05, 3.63) is 59.2 Å². The Hall–Kier alpha value is -2.55. The zero-order valence-corrected chi connectivity index (χ0v) is 19.8. The molecule has 2 saturated heterocycles. The molecule has 7 nitrogen and oxygen atoms in total. The third-order valence-electron chi connectivity index (χ3n) is 7.06. The molecule has 2 amide bonds. The quantitative estimate of drug-likeness (QED) is 0.522. The Morgan fingerprint density at radius 2 is 1.82 bits per heavy atom. The highest BCUT2D eigenvalue weighted by molar-refractivity contribution is 7.80. The number of piperidine rings is 1. The van der Waals surface area contributed by atoms with Crippen molar-refractivity contribution >= 4 is 30.1 Å². The minimum Gasteiger partial charge on any atom is -0.497 e. The van der Waals surface area contributed by atoms with Gasteiger partial charge in [-0.05, 0) is 47.4 Å². The second kappa shape index (κ2) is 9.37. The van der Waals surface area contributed by atoms with Gasteiger partial charge in [0.05, 0.1) is 18.5 Å². The van der Waals surface area contributed by atoms with Crippen LogP contribution in [0.3, 0.4) is 0 Å². The summed E-state index contributed by atoms with van der Waals surface area (Å²) in [6.45, 7) is 5.55. The molecule has 3 aliphatic heterocycles. The van der Waals surface area contributed by atoms with Crippen molar-refractivity contribution in [1.29, 1.82) is 0 Å². The molecular weight excluding hydrogens is 436 g/mol. The number of piperazine rings is 1. The van der Waals surface area contributed by atoms with E-state index in [9.17, 15) is 9.59 Å². The van der Waals surface area contributed by atoms with Crippen LogP contribution in [-0.4, -0.2) is 60.9 Å². The number of hydrogen-bond donors (Lipinski definition) is 2. The molecule has 0 aromatic heterocycles. The zero-order valence-electron chi connectivity index (χ0n) is 18.9. The molecule has 2 aromatic rings. The van der Waals surface area contributed by atoms with Gasteiger partial charge in [-0.15, -0.1) is 0 Å². The zero-order chi connectivity index (χ0) is 22.9. The number of thiol groups is 1. The number of methoxy groups -OCH3 is 1. The summed E-state index contributed by atoms with van der Waals surface area (Å²) in [5, 5.41) is 2.36. The lowest BCUT2D eigenvalue weighted by Crippen LogP contribution is -2.51. The number of anilines is 1. The number of imide groups is 1. The van der Waals surface area contributed by atoms with Crippen LogP contribution in [0.25, 0.3) is 0 Å². The molecule has 174 valence electrons. The van der Waals surface area contributed by atoms with Crippen LogP contribution in [0.15, 0.2) is 42.5 Å². The van der Waals surface area contributed by atoms with Gasteiger partial charge >= 0.3 is 0 Å². The Morgan fingerprint density at radius 1 is 1.06 bits per heavy atom. The van der Waals surface area contributed by atoms with Crippen LogP contribution >= 0.6 is 12.6 Å². The molecule has 0 aliphatic carbocycles. The highest BCUT2D eigenvalue weighted by atomic mass is 32.1. The normalized spacial score (nSPS) is 24.0. The first kappa shape index (κ1) is 22.3. The number of rotatable bonds is 5. The fourth-order valence-electron chi connectivity index (χ4n) is 5.16. The molecule has 3 aliphatic rings. The maximum atomic E-state index is 12.4. The summed E-state index contributed by atoms with van der Waals surface area (Å²) in [6.07, 6.45) is 0.938. The fraction of sp³-hybridized carbons (Fsp3) is 0.440. The summed E-state index contributed by atoms with van der Waals surface area (Å²) in [5.74, 6) is 0.497. The van der Waals surface area contributed by atoms with Gasteiger partial charge in [0.1, 0.15) is 5.75 Å². The van der Waals surface area contributed by atoms with Crippen LogP contribution in [0.4, 0.5) is 5.69 Å². The number of amides is 2. The Balaban J connectivity index is 1.24. The third kappa shape index (κ3) is 4.47. The van der Waals surface area contributed by atoms with Gasteiger partial charge in [-0.2, -0.15) is 12.6 Å². The number of fused-ring (bicyclic) bond motifs is 1. The Labute approximate surface area is 200 Å². The molecule has 8 heteroatoms. The monoisotopic (exact) mass is 466 g/mol. The summed E-state index contributed by atoms with van der Waals surface area (Å²) in [4.78, 5) is 31.1. The molecule has 1 N–H and O–H groups in total. The average Bonchev–Trinajstić information content (AvgIpc) is 3.17. The molecule has 0 saturated carbocycles. The summed E-state index contributed by atoms with van der Waals surface area (Å²) < 4.78 is 5.27. The average molecular weight is 467 g/mol. The van der Waals surface area contributed by atoms with E-state index in [1.807, 2.05) is 12.1 Å². The van der Waals surface area contributed by atoms with E-state index >= 15 is 0 Å². The number of benzene rings is 2. The summed E-state index contributed by atoms with van der Waals surface area (Å²) in [6, 6.07) is 14.4. The Morgan fingerprint density at radius 3 is 2.52 bits per heavy atom. The predicted octanol–water partition coefficient (Wildman–Crippen LogP) is 2.57. The number of hydrogen-bond acceptors (Lipinski definition) is 7. The summed E-state index contributed by atoms with van der Waals surface area (Å²) in [7, 11) is 1.69. The lowest BCUT2D eigenvalue weighted by molar-refractivity contribution is -0.137. The first-order chi connectivity index (χ1) is 16.0. The van der Waals surface area contributed by atoms with E-state index in [0.29, 0.717) is 19.4 Å². The highest BCUT2D eigenvalue weighted by Gasteiger charge is 2.39. The first-order valence-electron chi connectivity index (χ1n) is 11.5. The van der Waals surface area contributed by atoms with Crippen molar-refractivity contribution in [2.45, 2.75) is 37.3 Å². The van der Waals surface area contributed by atoms with E-state index in [1.165, 1.54) is 22.4 Å².